The second kappa shape index (κ2) is 6.37. The van der Waals surface area contributed by atoms with E-state index in [1.165, 1.54) is 10.7 Å². The predicted octanol–water partition coefficient (Wildman–Crippen LogP) is 0.605. The number of piperazine rings is 1. The summed E-state index contributed by atoms with van der Waals surface area (Å²) in [5.74, 6) is -1.26. The predicted molar refractivity (Wildman–Crippen MR) is 76.6 cm³/mol. The average Bonchev–Trinajstić information content (AvgIpc) is 2.99. The van der Waals surface area contributed by atoms with Gasteiger partial charge >= 0.3 is 0 Å². The summed E-state index contributed by atoms with van der Waals surface area (Å²) in [5, 5.41) is 11.4. The van der Waals surface area contributed by atoms with Gasteiger partial charge in [0.25, 0.3) is 0 Å². The van der Waals surface area contributed by atoms with E-state index in [0.29, 0.717) is 44.2 Å². The number of aromatic nitrogens is 4. The van der Waals surface area contributed by atoms with Crippen molar-refractivity contribution in [3.05, 3.63) is 35.7 Å². The SMILES string of the molecule is CC(=O)N1CCN(Cc2nnnn2-c2ccc(F)c(F)c2)CC1. The third-order valence-electron chi connectivity index (χ3n) is 3.86. The first-order chi connectivity index (χ1) is 11.0. The zero-order valence-corrected chi connectivity index (χ0v) is 12.6. The minimum absolute atomic E-state index is 0.0660. The van der Waals surface area contributed by atoms with Gasteiger partial charge in [-0.1, -0.05) is 0 Å². The van der Waals surface area contributed by atoms with Crippen molar-refractivity contribution in [2.24, 2.45) is 0 Å². The van der Waals surface area contributed by atoms with E-state index >= 15 is 0 Å². The molecular weight excluding hydrogens is 306 g/mol. The highest BCUT2D eigenvalue weighted by Crippen LogP contribution is 2.14. The highest BCUT2D eigenvalue weighted by atomic mass is 19.2. The van der Waals surface area contributed by atoms with Crippen LogP contribution in [0.15, 0.2) is 18.2 Å². The number of benzene rings is 1. The number of tetrazole rings is 1. The monoisotopic (exact) mass is 322 g/mol. The number of hydrogen-bond acceptors (Lipinski definition) is 5. The Morgan fingerprint density at radius 2 is 1.91 bits per heavy atom. The largest absolute Gasteiger partial charge is 0.340 e. The normalized spacial score (nSPS) is 15.9. The summed E-state index contributed by atoms with van der Waals surface area (Å²) in [7, 11) is 0. The molecule has 0 radical (unpaired) electrons. The lowest BCUT2D eigenvalue weighted by Crippen LogP contribution is -2.47. The maximum atomic E-state index is 13.4. The van der Waals surface area contributed by atoms with Gasteiger partial charge in [-0.15, -0.1) is 5.10 Å². The molecule has 0 unspecified atom stereocenters. The number of hydrogen-bond donors (Lipinski definition) is 0. The first kappa shape index (κ1) is 15.5. The summed E-state index contributed by atoms with van der Waals surface area (Å²) < 4.78 is 27.8. The fraction of sp³-hybridized carbons (Fsp3) is 0.429. The van der Waals surface area contributed by atoms with Gasteiger partial charge in [0.05, 0.1) is 12.2 Å². The van der Waals surface area contributed by atoms with Gasteiger partial charge in [-0.2, -0.15) is 4.68 Å². The fourth-order valence-electron chi connectivity index (χ4n) is 2.54. The molecule has 23 heavy (non-hydrogen) atoms. The van der Waals surface area contributed by atoms with Crippen molar-refractivity contribution in [3.63, 3.8) is 0 Å². The van der Waals surface area contributed by atoms with E-state index in [2.05, 4.69) is 20.4 Å². The Labute approximate surface area is 131 Å². The molecule has 0 saturated carbocycles. The molecule has 0 atom stereocenters. The Hall–Kier alpha value is -2.42. The molecule has 1 aliphatic rings. The number of halogens is 2. The molecule has 7 nitrogen and oxygen atoms in total. The smallest absolute Gasteiger partial charge is 0.219 e. The molecule has 0 bridgehead atoms. The molecule has 122 valence electrons. The topological polar surface area (TPSA) is 67.2 Å². The van der Waals surface area contributed by atoms with Gasteiger partial charge < -0.3 is 4.90 Å². The highest BCUT2D eigenvalue weighted by molar-refractivity contribution is 5.73. The van der Waals surface area contributed by atoms with Crippen LogP contribution in [0, 0.1) is 11.6 Å². The second-order valence-corrected chi connectivity index (χ2v) is 5.39. The first-order valence-corrected chi connectivity index (χ1v) is 7.25. The minimum Gasteiger partial charge on any atom is -0.340 e. The van der Waals surface area contributed by atoms with E-state index in [-0.39, 0.29) is 5.91 Å². The molecule has 1 aliphatic heterocycles. The van der Waals surface area contributed by atoms with Gasteiger partial charge in [-0.25, -0.2) is 8.78 Å². The fourth-order valence-corrected chi connectivity index (χ4v) is 2.54. The van der Waals surface area contributed by atoms with Crippen LogP contribution in [0.5, 0.6) is 0 Å². The van der Waals surface area contributed by atoms with Crippen molar-refractivity contribution in [1.29, 1.82) is 0 Å². The number of carbonyl (C=O) groups is 1. The Kier molecular flexibility index (Phi) is 4.28. The molecule has 0 spiro atoms. The molecule has 1 aromatic heterocycles. The van der Waals surface area contributed by atoms with Gasteiger partial charge in [0.15, 0.2) is 17.5 Å². The molecule has 2 aromatic rings. The quantitative estimate of drug-likeness (QED) is 0.828. The van der Waals surface area contributed by atoms with Gasteiger partial charge in [-0.3, -0.25) is 9.69 Å². The number of rotatable bonds is 3. The molecule has 0 N–H and O–H groups in total. The van der Waals surface area contributed by atoms with Crippen molar-refractivity contribution >= 4 is 5.91 Å². The molecule has 0 aliphatic carbocycles. The van der Waals surface area contributed by atoms with Crippen LogP contribution in [0.3, 0.4) is 0 Å². The molecule has 1 fully saturated rings. The van der Waals surface area contributed by atoms with E-state index in [4.69, 9.17) is 0 Å². The van der Waals surface area contributed by atoms with Crippen molar-refractivity contribution in [1.82, 2.24) is 30.0 Å². The average molecular weight is 322 g/mol. The Bertz CT molecular complexity index is 711. The maximum Gasteiger partial charge on any atom is 0.219 e. The summed E-state index contributed by atoms with van der Waals surface area (Å²) in [6.45, 7) is 4.76. The third-order valence-corrected chi connectivity index (χ3v) is 3.86. The van der Waals surface area contributed by atoms with E-state index in [1.54, 1.807) is 11.8 Å². The van der Waals surface area contributed by atoms with E-state index in [0.717, 1.165) is 12.1 Å². The third kappa shape index (κ3) is 3.34. The van der Waals surface area contributed by atoms with E-state index in [9.17, 15) is 13.6 Å². The van der Waals surface area contributed by atoms with E-state index in [1.807, 2.05) is 0 Å². The summed E-state index contributed by atoms with van der Waals surface area (Å²) in [5.41, 5.74) is 0.367. The molecule has 1 aromatic carbocycles. The van der Waals surface area contributed by atoms with Gasteiger partial charge in [0.2, 0.25) is 5.91 Å². The van der Waals surface area contributed by atoms with Crippen LogP contribution in [0.1, 0.15) is 12.7 Å². The van der Waals surface area contributed by atoms with Crippen LogP contribution in [0.25, 0.3) is 5.69 Å². The lowest BCUT2D eigenvalue weighted by atomic mass is 10.3. The van der Waals surface area contributed by atoms with Gasteiger partial charge in [-0.05, 0) is 22.6 Å². The molecule has 9 heteroatoms. The summed E-state index contributed by atoms with van der Waals surface area (Å²) >= 11 is 0. The Morgan fingerprint density at radius 3 is 2.57 bits per heavy atom. The van der Waals surface area contributed by atoms with Crippen molar-refractivity contribution in [2.75, 3.05) is 26.2 Å². The summed E-state index contributed by atoms with van der Waals surface area (Å²) in [6, 6.07) is 3.52. The molecule has 3 rings (SSSR count). The van der Waals surface area contributed by atoms with Crippen LogP contribution >= 0.6 is 0 Å². The molecule has 2 heterocycles. The minimum atomic E-state index is -0.945. The van der Waals surface area contributed by atoms with Crippen molar-refractivity contribution in [2.45, 2.75) is 13.5 Å². The van der Waals surface area contributed by atoms with E-state index < -0.39 is 11.6 Å². The standard InChI is InChI=1S/C14H16F2N6O/c1-10(23)21-6-4-20(5-7-21)9-14-17-18-19-22(14)11-2-3-12(15)13(16)8-11/h2-3,8H,4-7,9H2,1H3. The molecule has 1 saturated heterocycles. The number of nitrogens with zero attached hydrogens (tertiary/aromatic N) is 6. The van der Waals surface area contributed by atoms with Gasteiger partial charge in [0, 0.05) is 39.2 Å². The second-order valence-electron chi connectivity index (χ2n) is 5.39. The Morgan fingerprint density at radius 1 is 1.17 bits per heavy atom. The maximum absolute atomic E-state index is 13.4. The summed E-state index contributed by atoms with van der Waals surface area (Å²) in [6.07, 6.45) is 0. The zero-order valence-electron chi connectivity index (χ0n) is 12.6. The first-order valence-electron chi connectivity index (χ1n) is 7.25. The molecular formula is C14H16F2N6O. The zero-order chi connectivity index (χ0) is 16.4. The number of amides is 1. The van der Waals surface area contributed by atoms with Gasteiger partial charge in [0.1, 0.15) is 0 Å². The van der Waals surface area contributed by atoms with Crippen LogP contribution < -0.4 is 0 Å². The lowest BCUT2D eigenvalue weighted by Gasteiger charge is -2.33. The van der Waals surface area contributed by atoms with Crippen LogP contribution in [-0.4, -0.2) is 62.1 Å². The Balaban J connectivity index is 1.72. The number of carbonyl (C=O) groups excluding carboxylic acids is 1. The summed E-state index contributed by atoms with van der Waals surface area (Å²) in [4.78, 5) is 15.2. The lowest BCUT2D eigenvalue weighted by molar-refractivity contribution is -0.130. The molecule has 1 amide bonds. The van der Waals surface area contributed by atoms with Crippen molar-refractivity contribution < 1.29 is 13.6 Å². The highest BCUT2D eigenvalue weighted by Gasteiger charge is 2.21. The van der Waals surface area contributed by atoms with Crippen LogP contribution in [0.4, 0.5) is 8.78 Å². The van der Waals surface area contributed by atoms with Crippen LogP contribution in [-0.2, 0) is 11.3 Å². The van der Waals surface area contributed by atoms with Crippen LogP contribution in [0.2, 0.25) is 0 Å². The van der Waals surface area contributed by atoms with Crippen molar-refractivity contribution in [3.8, 4) is 5.69 Å².